The number of halogens is 1. The van der Waals surface area contributed by atoms with E-state index >= 15 is 0 Å². The molecular weight excluding hydrogens is 408 g/mol. The van der Waals surface area contributed by atoms with Crippen molar-refractivity contribution >= 4 is 29.2 Å². The molecule has 1 aromatic heterocycles. The molecule has 0 saturated heterocycles. The molecule has 0 bridgehead atoms. The number of rotatable bonds is 4. The van der Waals surface area contributed by atoms with Crippen molar-refractivity contribution in [2.75, 3.05) is 5.32 Å². The van der Waals surface area contributed by atoms with E-state index in [-0.39, 0.29) is 22.2 Å². The Bertz CT molecular complexity index is 1210. The van der Waals surface area contributed by atoms with Gasteiger partial charge in [0.15, 0.2) is 5.96 Å². The molecule has 3 aromatic rings. The fourth-order valence-corrected chi connectivity index (χ4v) is 3.41. The van der Waals surface area contributed by atoms with Crippen LogP contribution in [0.3, 0.4) is 0 Å². The number of hydrogen-bond acceptors (Lipinski definition) is 5. The average molecular weight is 425 g/mol. The summed E-state index contributed by atoms with van der Waals surface area (Å²) in [7, 11) is 0. The number of aliphatic imine (C=N–C) groups is 1. The fourth-order valence-electron chi connectivity index (χ4n) is 3.19. The standard InChI is InChI=1S/C20H17ClN6O3/c1-12-9-17(28)26-18(15-10-14(27(29)30)7-8-16(15)21)24-19(25-20(26)23-12)22-11-13-5-3-2-4-6-13/h2-10,18H,11H2,1H3,(H2,22,23,24,25)/t18-/m1/s1. The molecule has 0 fully saturated rings. The van der Waals surface area contributed by atoms with Crippen LogP contribution in [0.25, 0.3) is 0 Å². The van der Waals surface area contributed by atoms with Gasteiger partial charge in [-0.05, 0) is 18.6 Å². The van der Waals surface area contributed by atoms with Crippen molar-refractivity contribution < 1.29 is 4.92 Å². The quantitative estimate of drug-likeness (QED) is 0.491. The predicted molar refractivity (Wildman–Crippen MR) is 114 cm³/mol. The molecule has 2 heterocycles. The van der Waals surface area contributed by atoms with Crippen molar-refractivity contribution in [2.45, 2.75) is 19.6 Å². The normalized spacial score (nSPS) is 16.5. The Morgan fingerprint density at radius 1 is 1.23 bits per heavy atom. The second kappa shape index (κ2) is 7.96. The van der Waals surface area contributed by atoms with Crippen molar-refractivity contribution in [3.63, 3.8) is 0 Å². The molecule has 0 aliphatic carbocycles. The van der Waals surface area contributed by atoms with E-state index in [4.69, 9.17) is 11.6 Å². The van der Waals surface area contributed by atoms with Crippen molar-refractivity contribution in [3.05, 3.63) is 96.9 Å². The highest BCUT2D eigenvalue weighted by Crippen LogP contribution is 2.30. The Hall–Kier alpha value is -3.72. The maximum atomic E-state index is 12.7. The van der Waals surface area contributed by atoms with Crippen LogP contribution < -0.4 is 16.2 Å². The first-order valence-electron chi connectivity index (χ1n) is 9.08. The maximum Gasteiger partial charge on any atom is 0.269 e. The van der Waals surface area contributed by atoms with E-state index in [9.17, 15) is 14.9 Å². The van der Waals surface area contributed by atoms with Crippen LogP contribution in [0.2, 0.25) is 5.02 Å². The van der Waals surface area contributed by atoms with Gasteiger partial charge in [0.2, 0.25) is 5.95 Å². The van der Waals surface area contributed by atoms with Gasteiger partial charge < -0.3 is 5.32 Å². The van der Waals surface area contributed by atoms with E-state index in [2.05, 4.69) is 20.6 Å². The first kappa shape index (κ1) is 19.6. The smallest absolute Gasteiger partial charge is 0.269 e. The Morgan fingerprint density at radius 3 is 2.73 bits per heavy atom. The summed E-state index contributed by atoms with van der Waals surface area (Å²) in [5.74, 6) is 0.655. The molecule has 2 N–H and O–H groups in total. The third-order valence-electron chi connectivity index (χ3n) is 4.59. The number of guanidine groups is 1. The summed E-state index contributed by atoms with van der Waals surface area (Å²) in [5, 5.41) is 17.7. The van der Waals surface area contributed by atoms with Crippen LogP contribution >= 0.6 is 11.6 Å². The van der Waals surface area contributed by atoms with Crippen LogP contribution in [0, 0.1) is 17.0 Å². The number of aromatic nitrogens is 2. The van der Waals surface area contributed by atoms with Crippen molar-refractivity contribution in [1.29, 1.82) is 0 Å². The molecule has 0 spiro atoms. The number of nitrogens with one attached hydrogen (secondary N) is 2. The Labute approximate surface area is 176 Å². The molecule has 0 unspecified atom stereocenters. The van der Waals surface area contributed by atoms with Gasteiger partial charge in [-0.1, -0.05) is 41.9 Å². The van der Waals surface area contributed by atoms with Gasteiger partial charge in [-0.3, -0.25) is 24.8 Å². The molecule has 4 rings (SSSR count). The monoisotopic (exact) mass is 424 g/mol. The minimum absolute atomic E-state index is 0.132. The number of anilines is 1. The van der Waals surface area contributed by atoms with E-state index in [0.717, 1.165) is 5.56 Å². The van der Waals surface area contributed by atoms with Gasteiger partial charge in [-0.25, -0.2) is 9.98 Å². The van der Waals surface area contributed by atoms with E-state index < -0.39 is 11.1 Å². The summed E-state index contributed by atoms with van der Waals surface area (Å²) in [4.78, 5) is 32.4. The summed E-state index contributed by atoms with van der Waals surface area (Å²) in [6.07, 6.45) is -0.816. The van der Waals surface area contributed by atoms with Gasteiger partial charge in [0, 0.05) is 34.5 Å². The third-order valence-corrected chi connectivity index (χ3v) is 4.93. The zero-order chi connectivity index (χ0) is 21.3. The van der Waals surface area contributed by atoms with Crippen molar-refractivity contribution in [3.8, 4) is 0 Å². The SMILES string of the molecule is Cc1cc(=O)n2c(n1)NC(=NCc1ccccc1)N[C@H]2c1cc([N+](=O)[O-])ccc1Cl. The molecule has 1 atom stereocenters. The van der Waals surface area contributed by atoms with Crippen molar-refractivity contribution in [2.24, 2.45) is 4.99 Å². The third kappa shape index (κ3) is 3.87. The van der Waals surface area contributed by atoms with Crippen LogP contribution in [-0.2, 0) is 6.54 Å². The van der Waals surface area contributed by atoms with Gasteiger partial charge in [0.05, 0.1) is 11.5 Å². The number of nitro groups is 1. The molecule has 9 nitrogen and oxygen atoms in total. The number of benzene rings is 2. The summed E-state index contributed by atoms with van der Waals surface area (Å²) in [6.45, 7) is 2.10. The topological polar surface area (TPSA) is 114 Å². The average Bonchev–Trinajstić information content (AvgIpc) is 2.72. The molecular formula is C20H17ClN6O3. The Kier molecular flexibility index (Phi) is 5.20. The molecule has 0 radical (unpaired) electrons. The minimum atomic E-state index is -0.816. The summed E-state index contributed by atoms with van der Waals surface area (Å²) < 4.78 is 1.36. The number of non-ortho nitro benzene ring substituents is 1. The molecule has 30 heavy (non-hydrogen) atoms. The molecule has 2 aromatic carbocycles. The number of aryl methyl sites for hydroxylation is 1. The largest absolute Gasteiger partial charge is 0.331 e. The number of hydrogen-bond donors (Lipinski definition) is 2. The molecule has 152 valence electrons. The number of nitrogens with zero attached hydrogens (tertiary/aromatic N) is 4. The van der Waals surface area contributed by atoms with E-state index in [1.54, 1.807) is 6.92 Å². The molecule has 1 aliphatic heterocycles. The highest BCUT2D eigenvalue weighted by Gasteiger charge is 2.29. The van der Waals surface area contributed by atoms with Gasteiger partial charge in [-0.15, -0.1) is 0 Å². The maximum absolute atomic E-state index is 12.7. The molecule has 10 heteroatoms. The lowest BCUT2D eigenvalue weighted by Gasteiger charge is -2.31. The lowest BCUT2D eigenvalue weighted by atomic mass is 10.1. The zero-order valence-corrected chi connectivity index (χ0v) is 16.6. The molecule has 1 aliphatic rings. The lowest BCUT2D eigenvalue weighted by molar-refractivity contribution is -0.384. The van der Waals surface area contributed by atoms with Crippen LogP contribution in [0.15, 0.2) is 64.4 Å². The molecule has 0 amide bonds. The summed E-state index contributed by atoms with van der Waals surface area (Å²) in [5.41, 5.74) is 1.44. The van der Waals surface area contributed by atoms with Gasteiger partial charge in [0.1, 0.15) is 6.17 Å². The number of nitro benzene ring substituents is 1. The first-order chi connectivity index (χ1) is 14.4. The fraction of sp³-hybridized carbons (Fsp3) is 0.150. The second-order valence-electron chi connectivity index (χ2n) is 6.71. The van der Waals surface area contributed by atoms with Crippen LogP contribution in [0.1, 0.15) is 23.0 Å². The minimum Gasteiger partial charge on any atom is -0.331 e. The summed E-state index contributed by atoms with van der Waals surface area (Å²) >= 11 is 6.35. The van der Waals surface area contributed by atoms with E-state index in [1.165, 1.54) is 28.8 Å². The highest BCUT2D eigenvalue weighted by molar-refractivity contribution is 6.31. The zero-order valence-electron chi connectivity index (χ0n) is 15.9. The van der Waals surface area contributed by atoms with Gasteiger partial charge in [-0.2, -0.15) is 0 Å². The highest BCUT2D eigenvalue weighted by atomic mass is 35.5. The van der Waals surface area contributed by atoms with Gasteiger partial charge >= 0.3 is 0 Å². The predicted octanol–water partition coefficient (Wildman–Crippen LogP) is 3.23. The van der Waals surface area contributed by atoms with Gasteiger partial charge in [0.25, 0.3) is 11.2 Å². The van der Waals surface area contributed by atoms with E-state index in [1.807, 2.05) is 30.3 Å². The van der Waals surface area contributed by atoms with Crippen LogP contribution in [0.5, 0.6) is 0 Å². The Morgan fingerprint density at radius 2 is 2.00 bits per heavy atom. The van der Waals surface area contributed by atoms with Crippen LogP contribution in [-0.4, -0.2) is 20.4 Å². The second-order valence-corrected chi connectivity index (χ2v) is 7.12. The first-order valence-corrected chi connectivity index (χ1v) is 9.46. The van der Waals surface area contributed by atoms with Crippen molar-refractivity contribution in [1.82, 2.24) is 14.9 Å². The Balaban J connectivity index is 1.80. The van der Waals surface area contributed by atoms with Crippen LogP contribution in [0.4, 0.5) is 11.6 Å². The summed E-state index contributed by atoms with van der Waals surface area (Å²) in [6, 6.07) is 15.1. The molecule has 0 saturated carbocycles. The van der Waals surface area contributed by atoms with E-state index in [0.29, 0.717) is 23.8 Å². The number of fused-ring (bicyclic) bond motifs is 1. The lowest BCUT2D eigenvalue weighted by Crippen LogP contribution is -2.48.